The second-order valence-corrected chi connectivity index (χ2v) is 5.36. The number of aromatic nitrogens is 4. The van der Waals surface area contributed by atoms with Crippen molar-refractivity contribution in [1.82, 2.24) is 19.6 Å². The number of hydrogen-bond donors (Lipinski definition) is 0. The van der Waals surface area contributed by atoms with Crippen molar-refractivity contribution < 1.29 is 13.2 Å². The molecule has 0 unspecified atom stereocenters. The Hall–Kier alpha value is -2.09. The number of benzene rings is 1. The van der Waals surface area contributed by atoms with Crippen LogP contribution in [-0.4, -0.2) is 32.7 Å². The van der Waals surface area contributed by atoms with Crippen LogP contribution in [0.3, 0.4) is 0 Å². The van der Waals surface area contributed by atoms with Gasteiger partial charge in [0, 0.05) is 18.1 Å². The molecule has 0 spiro atoms. The van der Waals surface area contributed by atoms with Crippen LogP contribution in [0.1, 0.15) is 19.7 Å². The number of rotatable bonds is 3. The molecule has 0 aliphatic carbocycles. The fourth-order valence-corrected chi connectivity index (χ4v) is 2.68. The third kappa shape index (κ3) is 2.56. The number of halogens is 4. The van der Waals surface area contributed by atoms with E-state index in [-0.39, 0.29) is 11.2 Å². The molecule has 3 rings (SSSR count). The highest BCUT2D eigenvalue weighted by Crippen LogP contribution is 2.33. The fourth-order valence-electron chi connectivity index (χ4n) is 2.51. The van der Waals surface area contributed by atoms with Gasteiger partial charge in [0.25, 0.3) is 0 Å². The molecule has 0 atom stereocenters. The molecule has 0 bridgehead atoms. The summed E-state index contributed by atoms with van der Waals surface area (Å²) in [4.78, 5) is 6.29. The number of anilines is 1. The number of hydrogen-bond acceptors (Lipinski definition) is 4. The van der Waals surface area contributed by atoms with Gasteiger partial charge in [-0.1, -0.05) is 11.6 Å². The summed E-state index contributed by atoms with van der Waals surface area (Å²) in [6.07, 6.45) is -4.63. The first-order chi connectivity index (χ1) is 10.9. The first-order valence-electron chi connectivity index (χ1n) is 7.03. The Morgan fingerprint density at radius 2 is 1.87 bits per heavy atom. The maximum absolute atomic E-state index is 13.3. The van der Waals surface area contributed by atoms with Crippen molar-refractivity contribution in [1.29, 1.82) is 0 Å². The topological polar surface area (TPSA) is 46.3 Å². The quantitative estimate of drug-likeness (QED) is 0.725. The van der Waals surface area contributed by atoms with Gasteiger partial charge in [-0.25, -0.2) is 4.98 Å². The molecule has 5 nitrogen and oxygen atoms in total. The molecular formula is C14H13ClF3N5. The minimum Gasteiger partial charge on any atom is -0.354 e. The molecule has 0 aliphatic heterocycles. The van der Waals surface area contributed by atoms with Crippen molar-refractivity contribution in [2.45, 2.75) is 20.0 Å². The highest BCUT2D eigenvalue weighted by molar-refractivity contribution is 6.31. The van der Waals surface area contributed by atoms with Gasteiger partial charge >= 0.3 is 6.18 Å². The van der Waals surface area contributed by atoms with Gasteiger partial charge < -0.3 is 4.90 Å². The average molecular weight is 344 g/mol. The second kappa shape index (κ2) is 5.52. The van der Waals surface area contributed by atoms with E-state index in [1.807, 2.05) is 18.7 Å². The molecule has 3 aromatic rings. The van der Waals surface area contributed by atoms with E-state index < -0.39 is 12.0 Å². The average Bonchev–Trinajstić information content (AvgIpc) is 2.94. The van der Waals surface area contributed by atoms with Crippen molar-refractivity contribution >= 4 is 34.1 Å². The van der Waals surface area contributed by atoms with E-state index in [0.717, 1.165) is 4.40 Å². The molecule has 0 saturated carbocycles. The molecular weight excluding hydrogens is 331 g/mol. The summed E-state index contributed by atoms with van der Waals surface area (Å²) in [5, 5.41) is 7.38. The maximum atomic E-state index is 13.3. The molecule has 2 heterocycles. The van der Waals surface area contributed by atoms with Crippen molar-refractivity contribution in [3.05, 3.63) is 29.0 Å². The minimum absolute atomic E-state index is 0.0655. The van der Waals surface area contributed by atoms with Crippen LogP contribution in [0, 0.1) is 0 Å². The second-order valence-electron chi connectivity index (χ2n) is 4.92. The van der Waals surface area contributed by atoms with E-state index in [4.69, 9.17) is 11.6 Å². The predicted octanol–water partition coefficient (Wildman–Crippen LogP) is 3.80. The molecule has 0 fully saturated rings. The van der Waals surface area contributed by atoms with Gasteiger partial charge in [-0.3, -0.25) is 4.40 Å². The van der Waals surface area contributed by atoms with E-state index in [1.54, 1.807) is 12.1 Å². The summed E-state index contributed by atoms with van der Waals surface area (Å²) in [6.45, 7) is 4.97. The molecule has 122 valence electrons. The summed E-state index contributed by atoms with van der Waals surface area (Å²) in [5.41, 5.74) is 0.686. The zero-order valence-electron chi connectivity index (χ0n) is 12.4. The zero-order chi connectivity index (χ0) is 16.8. The molecule has 0 aliphatic rings. The number of nitrogens with zero attached hydrogens (tertiary/aromatic N) is 5. The highest BCUT2D eigenvalue weighted by atomic mass is 35.5. The lowest BCUT2D eigenvalue weighted by atomic mass is 10.3. The molecule has 23 heavy (non-hydrogen) atoms. The summed E-state index contributed by atoms with van der Waals surface area (Å²) in [6, 6.07) is 4.61. The summed E-state index contributed by atoms with van der Waals surface area (Å²) < 4.78 is 40.8. The summed E-state index contributed by atoms with van der Waals surface area (Å²) in [7, 11) is 0. The smallest absolute Gasteiger partial charge is 0.354 e. The number of fused-ring (bicyclic) bond motifs is 3. The van der Waals surface area contributed by atoms with Gasteiger partial charge in [-0.2, -0.15) is 13.2 Å². The summed E-state index contributed by atoms with van der Waals surface area (Å²) in [5.74, 6) is -0.719. The van der Waals surface area contributed by atoms with Crippen LogP contribution in [-0.2, 0) is 6.18 Å². The Labute approximate surface area is 134 Å². The highest BCUT2D eigenvalue weighted by Gasteiger charge is 2.38. The Morgan fingerprint density at radius 3 is 2.48 bits per heavy atom. The molecule has 9 heteroatoms. The third-order valence-corrected chi connectivity index (χ3v) is 3.82. The molecule has 0 N–H and O–H groups in total. The van der Waals surface area contributed by atoms with Crippen LogP contribution in [0.25, 0.3) is 16.7 Å². The van der Waals surface area contributed by atoms with Crippen LogP contribution < -0.4 is 4.90 Å². The Kier molecular flexibility index (Phi) is 3.79. The first-order valence-corrected chi connectivity index (χ1v) is 7.41. The lowest BCUT2D eigenvalue weighted by Gasteiger charge is -2.21. The van der Waals surface area contributed by atoms with Crippen molar-refractivity contribution in [3.8, 4) is 0 Å². The van der Waals surface area contributed by atoms with E-state index in [0.29, 0.717) is 29.4 Å². The van der Waals surface area contributed by atoms with Gasteiger partial charge in [0.2, 0.25) is 11.5 Å². The first kappa shape index (κ1) is 15.8. The van der Waals surface area contributed by atoms with Crippen molar-refractivity contribution in [2.24, 2.45) is 0 Å². The van der Waals surface area contributed by atoms with Crippen LogP contribution >= 0.6 is 11.6 Å². The standard InChI is InChI=1S/C14H13ClF3N5/c1-3-22(4-2)11-12-20-21-13(14(16,17)18)23(12)10-7-8(15)5-6-9(10)19-11/h5-7H,3-4H2,1-2H3. The lowest BCUT2D eigenvalue weighted by molar-refractivity contribution is -0.145. The summed E-state index contributed by atoms with van der Waals surface area (Å²) >= 11 is 5.94. The van der Waals surface area contributed by atoms with Gasteiger partial charge in [0.05, 0.1) is 11.0 Å². The Balaban J connectivity index is 2.47. The van der Waals surface area contributed by atoms with E-state index in [9.17, 15) is 13.2 Å². The molecule has 0 radical (unpaired) electrons. The van der Waals surface area contributed by atoms with E-state index >= 15 is 0 Å². The van der Waals surface area contributed by atoms with Gasteiger partial charge in [0.15, 0.2) is 5.82 Å². The molecule has 0 saturated heterocycles. The van der Waals surface area contributed by atoms with Crippen LogP contribution in [0.2, 0.25) is 5.02 Å². The van der Waals surface area contributed by atoms with Crippen LogP contribution in [0.4, 0.5) is 19.0 Å². The van der Waals surface area contributed by atoms with Crippen LogP contribution in [0.15, 0.2) is 18.2 Å². The minimum atomic E-state index is -4.63. The zero-order valence-corrected chi connectivity index (χ0v) is 13.2. The van der Waals surface area contributed by atoms with Crippen LogP contribution in [0.5, 0.6) is 0 Å². The Bertz CT molecular complexity index is 870. The molecule has 1 aromatic carbocycles. The third-order valence-electron chi connectivity index (χ3n) is 3.58. The largest absolute Gasteiger partial charge is 0.452 e. The number of alkyl halides is 3. The van der Waals surface area contributed by atoms with Gasteiger partial charge in [0.1, 0.15) is 0 Å². The molecule has 0 amide bonds. The lowest BCUT2D eigenvalue weighted by Crippen LogP contribution is -2.24. The predicted molar refractivity (Wildman–Crippen MR) is 81.9 cm³/mol. The fraction of sp³-hybridized carbons (Fsp3) is 0.357. The molecule has 2 aromatic heterocycles. The van der Waals surface area contributed by atoms with Crippen molar-refractivity contribution in [2.75, 3.05) is 18.0 Å². The van der Waals surface area contributed by atoms with Crippen molar-refractivity contribution in [3.63, 3.8) is 0 Å². The maximum Gasteiger partial charge on any atom is 0.452 e. The van der Waals surface area contributed by atoms with Gasteiger partial charge in [-0.15, -0.1) is 10.2 Å². The monoisotopic (exact) mass is 343 g/mol. The normalized spacial score (nSPS) is 12.3. The van der Waals surface area contributed by atoms with E-state index in [2.05, 4.69) is 15.2 Å². The SMILES string of the molecule is CCN(CC)c1nc2ccc(Cl)cc2n2c(C(F)(F)F)nnc12. The Morgan fingerprint density at radius 1 is 1.17 bits per heavy atom. The van der Waals surface area contributed by atoms with Gasteiger partial charge in [-0.05, 0) is 32.0 Å². The van der Waals surface area contributed by atoms with E-state index in [1.165, 1.54) is 6.07 Å².